The normalized spacial score (nSPS) is 10.3. The lowest BCUT2D eigenvalue weighted by atomic mass is 10.2. The first kappa shape index (κ1) is 14.6. The van der Waals surface area contributed by atoms with E-state index in [0.717, 1.165) is 12.2 Å². The van der Waals surface area contributed by atoms with Gasteiger partial charge in [0.1, 0.15) is 12.4 Å². The maximum absolute atomic E-state index is 11.5. The van der Waals surface area contributed by atoms with Gasteiger partial charge in [0.2, 0.25) is 0 Å². The van der Waals surface area contributed by atoms with Crippen LogP contribution in [0.1, 0.15) is 34.0 Å². The molecule has 1 heterocycles. The van der Waals surface area contributed by atoms with Crippen LogP contribution in [0.25, 0.3) is 0 Å². The highest BCUT2D eigenvalue weighted by molar-refractivity contribution is 7.11. The summed E-state index contributed by atoms with van der Waals surface area (Å²) in [7, 11) is 0. The van der Waals surface area contributed by atoms with E-state index in [0.29, 0.717) is 18.8 Å². The van der Waals surface area contributed by atoms with Crippen molar-refractivity contribution in [3.63, 3.8) is 0 Å². The molecule has 0 atom stereocenters. The van der Waals surface area contributed by atoms with Gasteiger partial charge in [-0.2, -0.15) is 0 Å². The van der Waals surface area contributed by atoms with Crippen molar-refractivity contribution in [3.8, 4) is 5.75 Å². The Hall–Kier alpha value is -1.81. The number of thiophene rings is 1. The fraction of sp³-hybridized carbons (Fsp3) is 0.312. The van der Waals surface area contributed by atoms with Crippen molar-refractivity contribution < 1.29 is 14.3 Å². The van der Waals surface area contributed by atoms with Crippen molar-refractivity contribution in [2.45, 2.75) is 26.9 Å². The molecule has 0 saturated heterocycles. The Kier molecular flexibility index (Phi) is 5.18. The molecule has 0 amide bonds. The molecule has 2 rings (SSSR count). The van der Waals surface area contributed by atoms with Crippen molar-refractivity contribution in [1.82, 2.24) is 0 Å². The lowest BCUT2D eigenvalue weighted by Crippen LogP contribution is -2.04. The molecule has 0 radical (unpaired) electrons. The zero-order chi connectivity index (χ0) is 14.4. The van der Waals surface area contributed by atoms with E-state index < -0.39 is 0 Å². The minimum absolute atomic E-state index is 0.301. The summed E-state index contributed by atoms with van der Waals surface area (Å²) in [5.41, 5.74) is 0.545. The van der Waals surface area contributed by atoms with Gasteiger partial charge in [-0.1, -0.05) is 6.92 Å². The molecule has 106 valence electrons. The molecular weight excluding hydrogens is 272 g/mol. The number of esters is 1. The van der Waals surface area contributed by atoms with Gasteiger partial charge in [-0.3, -0.25) is 0 Å². The molecule has 0 aliphatic rings. The van der Waals surface area contributed by atoms with Crippen molar-refractivity contribution in [3.05, 3.63) is 51.7 Å². The summed E-state index contributed by atoms with van der Waals surface area (Å²) < 4.78 is 10.6. The van der Waals surface area contributed by atoms with Crippen LogP contribution in [0.5, 0.6) is 5.75 Å². The average molecular weight is 290 g/mol. The summed E-state index contributed by atoms with van der Waals surface area (Å²) in [6.07, 6.45) is 1.05. The van der Waals surface area contributed by atoms with Crippen LogP contribution in [0.4, 0.5) is 0 Å². The molecular formula is C16H18O3S. The first-order valence-corrected chi connectivity index (χ1v) is 7.52. The van der Waals surface area contributed by atoms with E-state index in [4.69, 9.17) is 9.47 Å². The summed E-state index contributed by atoms with van der Waals surface area (Å²) in [6, 6.07) is 11.3. The molecule has 0 N–H and O–H groups in total. The third kappa shape index (κ3) is 3.84. The molecule has 0 spiro atoms. The quantitative estimate of drug-likeness (QED) is 0.752. The van der Waals surface area contributed by atoms with Gasteiger partial charge in [-0.05, 0) is 49.7 Å². The number of rotatable bonds is 6. The van der Waals surface area contributed by atoms with Crippen LogP contribution in [0, 0.1) is 0 Å². The lowest BCUT2D eigenvalue weighted by Gasteiger charge is -2.06. The summed E-state index contributed by atoms with van der Waals surface area (Å²) >= 11 is 1.77. The molecule has 0 fully saturated rings. The van der Waals surface area contributed by atoms with Crippen molar-refractivity contribution in [2.24, 2.45) is 0 Å². The molecule has 3 nitrogen and oxygen atoms in total. The highest BCUT2D eigenvalue weighted by Crippen LogP contribution is 2.20. The van der Waals surface area contributed by atoms with Gasteiger partial charge in [0, 0.05) is 9.75 Å². The predicted molar refractivity (Wildman–Crippen MR) is 80.4 cm³/mol. The number of hydrogen-bond acceptors (Lipinski definition) is 4. The molecule has 4 heteroatoms. The molecule has 1 aromatic heterocycles. The van der Waals surface area contributed by atoms with Crippen LogP contribution >= 0.6 is 11.3 Å². The topological polar surface area (TPSA) is 35.5 Å². The minimum atomic E-state index is -0.301. The van der Waals surface area contributed by atoms with Crippen LogP contribution < -0.4 is 4.74 Å². The van der Waals surface area contributed by atoms with Gasteiger partial charge in [0.15, 0.2) is 0 Å². The first-order valence-electron chi connectivity index (χ1n) is 6.70. The second kappa shape index (κ2) is 7.10. The molecule has 0 unspecified atom stereocenters. The highest BCUT2D eigenvalue weighted by Gasteiger charge is 2.06. The van der Waals surface area contributed by atoms with Crippen LogP contribution in [0.15, 0.2) is 36.4 Å². The molecule has 1 aromatic carbocycles. The Bertz CT molecular complexity index is 557. The Labute approximate surface area is 123 Å². The number of benzene rings is 1. The van der Waals surface area contributed by atoms with Crippen molar-refractivity contribution >= 4 is 17.3 Å². The van der Waals surface area contributed by atoms with Gasteiger partial charge in [0.05, 0.1) is 12.2 Å². The number of hydrogen-bond donors (Lipinski definition) is 0. The van der Waals surface area contributed by atoms with Gasteiger partial charge < -0.3 is 9.47 Å². The van der Waals surface area contributed by atoms with Crippen LogP contribution in [-0.4, -0.2) is 12.6 Å². The lowest BCUT2D eigenvalue weighted by molar-refractivity contribution is 0.0526. The molecule has 0 saturated carbocycles. The molecule has 0 aliphatic heterocycles. The van der Waals surface area contributed by atoms with Crippen LogP contribution in [0.2, 0.25) is 0 Å². The first-order chi connectivity index (χ1) is 9.72. The summed E-state index contributed by atoms with van der Waals surface area (Å²) in [4.78, 5) is 14.1. The van der Waals surface area contributed by atoms with E-state index in [-0.39, 0.29) is 5.97 Å². The zero-order valence-electron chi connectivity index (χ0n) is 11.7. The third-order valence-corrected chi connectivity index (χ3v) is 4.02. The SMILES string of the molecule is CCOC(=O)c1ccc(OCc2ccc(CC)s2)cc1. The fourth-order valence-corrected chi connectivity index (χ4v) is 2.62. The highest BCUT2D eigenvalue weighted by atomic mass is 32.1. The number of aryl methyl sites for hydroxylation is 1. The molecule has 20 heavy (non-hydrogen) atoms. The van der Waals surface area contributed by atoms with E-state index in [2.05, 4.69) is 19.1 Å². The largest absolute Gasteiger partial charge is 0.488 e. The fourth-order valence-electron chi connectivity index (χ4n) is 1.75. The number of carbonyl (C=O) groups is 1. The van der Waals surface area contributed by atoms with Gasteiger partial charge >= 0.3 is 5.97 Å². The summed E-state index contributed by atoms with van der Waals surface area (Å²) in [6.45, 7) is 4.88. The Morgan fingerprint density at radius 2 is 1.75 bits per heavy atom. The van der Waals surface area contributed by atoms with E-state index in [1.165, 1.54) is 9.75 Å². The standard InChI is InChI=1S/C16H18O3S/c1-3-14-9-10-15(20-14)11-19-13-7-5-12(6-8-13)16(17)18-4-2/h5-10H,3-4,11H2,1-2H3. The molecule has 0 aliphatic carbocycles. The van der Waals surface area contributed by atoms with E-state index in [9.17, 15) is 4.79 Å². The van der Waals surface area contributed by atoms with E-state index in [1.54, 1.807) is 42.5 Å². The van der Waals surface area contributed by atoms with Crippen molar-refractivity contribution in [1.29, 1.82) is 0 Å². The van der Waals surface area contributed by atoms with Gasteiger partial charge in [-0.25, -0.2) is 4.79 Å². The monoisotopic (exact) mass is 290 g/mol. The molecule has 0 bridgehead atoms. The maximum atomic E-state index is 11.5. The van der Waals surface area contributed by atoms with Crippen LogP contribution in [0.3, 0.4) is 0 Å². The molecule has 2 aromatic rings. The smallest absolute Gasteiger partial charge is 0.338 e. The second-order valence-electron chi connectivity index (χ2n) is 4.26. The van der Waals surface area contributed by atoms with Crippen molar-refractivity contribution in [2.75, 3.05) is 6.61 Å². The third-order valence-electron chi connectivity index (χ3n) is 2.81. The van der Waals surface area contributed by atoms with E-state index in [1.807, 2.05) is 0 Å². The zero-order valence-corrected chi connectivity index (χ0v) is 12.5. The van der Waals surface area contributed by atoms with E-state index >= 15 is 0 Å². The Morgan fingerprint density at radius 1 is 1.05 bits per heavy atom. The number of ether oxygens (including phenoxy) is 2. The summed E-state index contributed by atoms with van der Waals surface area (Å²) in [5.74, 6) is 0.453. The van der Waals surface area contributed by atoms with Crippen LogP contribution in [-0.2, 0) is 17.8 Å². The maximum Gasteiger partial charge on any atom is 0.338 e. The minimum Gasteiger partial charge on any atom is -0.488 e. The Morgan fingerprint density at radius 3 is 2.35 bits per heavy atom. The van der Waals surface area contributed by atoms with Gasteiger partial charge in [0.25, 0.3) is 0 Å². The Balaban J connectivity index is 1.92. The second-order valence-corrected chi connectivity index (χ2v) is 5.51. The number of carbonyl (C=O) groups excluding carboxylic acids is 1. The van der Waals surface area contributed by atoms with Gasteiger partial charge in [-0.15, -0.1) is 11.3 Å². The predicted octanol–water partition coefficient (Wildman–Crippen LogP) is 4.07. The average Bonchev–Trinajstić information content (AvgIpc) is 2.94. The summed E-state index contributed by atoms with van der Waals surface area (Å²) in [5, 5.41) is 0.